The predicted octanol–water partition coefficient (Wildman–Crippen LogP) is 11.2. The Bertz CT molecular complexity index is 915. The van der Waals surface area contributed by atoms with Crippen molar-refractivity contribution in [1.29, 1.82) is 0 Å². The highest BCUT2D eigenvalue weighted by Gasteiger charge is 2.19. The number of rotatable bonds is 38. The number of hydrogen-bond acceptors (Lipinski definition) is 7. The van der Waals surface area contributed by atoms with Gasteiger partial charge in [0.1, 0.15) is 25.9 Å². The zero-order valence-corrected chi connectivity index (χ0v) is 34.7. The topological polar surface area (TPSA) is 94.1 Å². The maximum absolute atomic E-state index is 12.4. The number of carbonyl (C=O) groups is 1. The van der Waals surface area contributed by atoms with E-state index in [-0.39, 0.29) is 25.8 Å². The Kier molecular flexibility index (Phi) is 34.8. The first kappa shape index (κ1) is 49.7. The van der Waals surface area contributed by atoms with Crippen molar-refractivity contribution in [2.45, 2.75) is 174 Å². The summed E-state index contributed by atoms with van der Waals surface area (Å²) in [6.07, 6.45) is 40.2. The van der Waals surface area contributed by atoms with Crippen molar-refractivity contribution in [3.63, 3.8) is 0 Å². The minimum Gasteiger partial charge on any atom is -0.756 e. The number of allylic oxidation sites excluding steroid dienone is 6. The number of likely N-dealkylation sites (N-methyl/N-ethyl adjacent to an activating group) is 1. The summed E-state index contributed by atoms with van der Waals surface area (Å²) in [5, 5.41) is 0. The van der Waals surface area contributed by atoms with Crippen molar-refractivity contribution in [2.24, 2.45) is 0 Å². The van der Waals surface area contributed by atoms with Gasteiger partial charge in [-0.2, -0.15) is 0 Å². The molecule has 0 N–H and O–H groups in total. The number of unbranched alkanes of at least 4 members (excludes halogenated alkanes) is 18. The second-order valence-electron chi connectivity index (χ2n) is 15.0. The van der Waals surface area contributed by atoms with E-state index in [1.807, 2.05) is 21.1 Å². The summed E-state index contributed by atoms with van der Waals surface area (Å²) in [6.45, 7) is 5.16. The van der Waals surface area contributed by atoms with Gasteiger partial charge in [-0.05, 0) is 44.9 Å². The van der Waals surface area contributed by atoms with E-state index >= 15 is 0 Å². The highest BCUT2D eigenvalue weighted by molar-refractivity contribution is 7.45. The van der Waals surface area contributed by atoms with E-state index in [2.05, 4.69) is 50.3 Å². The first-order valence-electron chi connectivity index (χ1n) is 20.7. The summed E-state index contributed by atoms with van der Waals surface area (Å²) in [6, 6.07) is 0. The van der Waals surface area contributed by atoms with Gasteiger partial charge in [0.2, 0.25) is 0 Å². The number of hydrogen-bond donors (Lipinski definition) is 0. The molecular weight excluding hydrogens is 661 g/mol. The van der Waals surface area contributed by atoms with E-state index in [1.165, 1.54) is 83.5 Å². The highest BCUT2D eigenvalue weighted by Crippen LogP contribution is 2.38. The Morgan fingerprint density at radius 2 is 1.14 bits per heavy atom. The molecule has 0 spiro atoms. The normalized spacial score (nSPS) is 14.2. The number of phosphoric ester groups is 1. The van der Waals surface area contributed by atoms with Crippen LogP contribution in [0.1, 0.15) is 168 Å². The lowest BCUT2D eigenvalue weighted by molar-refractivity contribution is -0.870. The molecule has 0 aliphatic carbocycles. The molecule has 0 fully saturated rings. The fourth-order valence-corrected chi connectivity index (χ4v) is 6.20. The monoisotopic (exact) mass is 742 g/mol. The average molecular weight is 742 g/mol. The Morgan fingerprint density at radius 1 is 0.627 bits per heavy atom. The second-order valence-corrected chi connectivity index (χ2v) is 16.4. The van der Waals surface area contributed by atoms with Crippen LogP contribution in [0.25, 0.3) is 0 Å². The van der Waals surface area contributed by atoms with Crippen molar-refractivity contribution in [3.05, 3.63) is 36.5 Å². The van der Waals surface area contributed by atoms with E-state index in [0.717, 1.165) is 64.2 Å². The van der Waals surface area contributed by atoms with Crippen molar-refractivity contribution in [3.8, 4) is 0 Å². The van der Waals surface area contributed by atoms with Gasteiger partial charge in [-0.1, -0.05) is 153 Å². The molecule has 2 atom stereocenters. The second kappa shape index (κ2) is 35.7. The Morgan fingerprint density at radius 3 is 1.71 bits per heavy atom. The van der Waals surface area contributed by atoms with E-state index < -0.39 is 13.9 Å². The summed E-state index contributed by atoms with van der Waals surface area (Å²) in [5.74, 6) is -0.276. The minimum atomic E-state index is -4.49. The standard InChI is InChI=1S/C42H80NO7P/c1-6-8-10-12-14-16-18-20-21-22-24-26-28-30-32-34-37-47-41(40-50-51(45,46)49-38-36-43(3,4)5)39-48-42(44)35-33-31-29-27-25-23-19-17-15-13-11-9-7-2/h8,10,14,16,20-21,41H,6-7,9,11-13,15,17-19,22-40H2,1-5H3/b10-8-,16-14-,21-20-/t41-/m1/s1. The van der Waals surface area contributed by atoms with Crippen molar-refractivity contribution >= 4 is 13.8 Å². The largest absolute Gasteiger partial charge is 0.756 e. The lowest BCUT2D eigenvalue weighted by Gasteiger charge is -2.28. The first-order valence-corrected chi connectivity index (χ1v) is 22.2. The average Bonchev–Trinajstić information content (AvgIpc) is 3.08. The first-order chi connectivity index (χ1) is 24.6. The summed E-state index contributed by atoms with van der Waals surface area (Å²) in [7, 11) is 1.39. The van der Waals surface area contributed by atoms with Crippen molar-refractivity contribution in [1.82, 2.24) is 0 Å². The quantitative estimate of drug-likeness (QED) is 0.0204. The SMILES string of the molecule is CC/C=C\C/C=C\C/C=C\CCCCCCCCO[C@H](COC(=O)CCCCCCCCCCCCCCC)COP(=O)([O-])OCC[N+](C)(C)C. The van der Waals surface area contributed by atoms with E-state index in [9.17, 15) is 14.3 Å². The van der Waals surface area contributed by atoms with Crippen LogP contribution < -0.4 is 4.89 Å². The summed E-state index contributed by atoms with van der Waals surface area (Å²) < 4.78 is 34.6. The molecule has 51 heavy (non-hydrogen) atoms. The fourth-order valence-electron chi connectivity index (χ4n) is 5.48. The zero-order chi connectivity index (χ0) is 37.7. The van der Waals surface area contributed by atoms with Gasteiger partial charge in [0, 0.05) is 13.0 Å². The molecule has 0 aromatic heterocycles. The van der Waals surface area contributed by atoms with Crippen molar-refractivity contribution in [2.75, 3.05) is 54.1 Å². The molecule has 0 radical (unpaired) electrons. The van der Waals surface area contributed by atoms with Gasteiger partial charge in [-0.25, -0.2) is 0 Å². The Balaban J connectivity index is 4.28. The van der Waals surface area contributed by atoms with Crippen LogP contribution in [0.3, 0.4) is 0 Å². The summed E-state index contributed by atoms with van der Waals surface area (Å²) in [5.41, 5.74) is 0. The number of phosphoric acid groups is 1. The number of quaternary nitrogens is 1. The number of carbonyl (C=O) groups excluding carboxylic acids is 1. The van der Waals surface area contributed by atoms with Crippen LogP contribution >= 0.6 is 7.82 Å². The fraction of sp³-hybridized carbons (Fsp3) is 0.833. The molecule has 0 saturated heterocycles. The summed E-state index contributed by atoms with van der Waals surface area (Å²) in [4.78, 5) is 24.8. The molecule has 0 amide bonds. The molecule has 1 unspecified atom stereocenters. The highest BCUT2D eigenvalue weighted by atomic mass is 31.2. The maximum Gasteiger partial charge on any atom is 0.305 e. The maximum atomic E-state index is 12.4. The van der Waals surface area contributed by atoms with Crippen LogP contribution in [0, 0.1) is 0 Å². The molecule has 0 bridgehead atoms. The van der Waals surface area contributed by atoms with Crippen LogP contribution in [-0.2, 0) is 27.9 Å². The van der Waals surface area contributed by atoms with E-state index in [1.54, 1.807) is 0 Å². The molecule has 0 rings (SSSR count). The molecule has 0 heterocycles. The van der Waals surface area contributed by atoms with Crippen molar-refractivity contribution < 1.29 is 37.3 Å². The third-order valence-corrected chi connectivity index (χ3v) is 9.71. The lowest BCUT2D eigenvalue weighted by atomic mass is 10.0. The Hall–Kier alpha value is -1.28. The molecule has 0 saturated carbocycles. The van der Waals surface area contributed by atoms with Gasteiger partial charge in [0.25, 0.3) is 7.82 Å². The molecule has 9 heteroatoms. The number of ether oxygens (including phenoxy) is 2. The third-order valence-electron chi connectivity index (χ3n) is 8.74. The van der Waals surface area contributed by atoms with E-state index in [0.29, 0.717) is 24.1 Å². The smallest absolute Gasteiger partial charge is 0.305 e. The minimum absolute atomic E-state index is 0.0324. The van der Waals surface area contributed by atoms with Crippen LogP contribution in [0.5, 0.6) is 0 Å². The number of esters is 1. The Labute approximate surface area is 315 Å². The van der Waals surface area contributed by atoms with Crippen LogP contribution in [-0.4, -0.2) is 70.7 Å². The third kappa shape index (κ3) is 39.8. The van der Waals surface area contributed by atoms with Gasteiger partial charge in [-0.15, -0.1) is 0 Å². The van der Waals surface area contributed by atoms with Gasteiger partial charge < -0.3 is 27.9 Å². The summed E-state index contributed by atoms with van der Waals surface area (Å²) >= 11 is 0. The molecule has 0 aromatic carbocycles. The van der Waals surface area contributed by atoms with Gasteiger partial charge >= 0.3 is 5.97 Å². The number of nitrogens with zero attached hydrogens (tertiary/aromatic N) is 1. The lowest BCUT2D eigenvalue weighted by Crippen LogP contribution is -2.37. The van der Waals surface area contributed by atoms with Gasteiger partial charge in [-0.3, -0.25) is 9.36 Å². The molecule has 8 nitrogen and oxygen atoms in total. The molecular formula is C42H80NO7P. The van der Waals surface area contributed by atoms with Gasteiger partial charge in [0.05, 0.1) is 27.7 Å². The van der Waals surface area contributed by atoms with E-state index in [4.69, 9.17) is 18.5 Å². The van der Waals surface area contributed by atoms with Crippen LogP contribution in [0.4, 0.5) is 0 Å². The molecule has 0 aliphatic heterocycles. The van der Waals surface area contributed by atoms with Crippen LogP contribution in [0.2, 0.25) is 0 Å². The van der Waals surface area contributed by atoms with Gasteiger partial charge in [0.15, 0.2) is 0 Å². The molecule has 0 aromatic rings. The predicted molar refractivity (Wildman–Crippen MR) is 213 cm³/mol. The molecule has 300 valence electrons. The zero-order valence-electron chi connectivity index (χ0n) is 33.8. The van der Waals surface area contributed by atoms with Crippen LogP contribution in [0.15, 0.2) is 36.5 Å². The molecule has 0 aliphatic rings.